The number of benzene rings is 2. The first-order chi connectivity index (χ1) is 14.3. The highest BCUT2D eigenvalue weighted by Crippen LogP contribution is 2.31. The number of ether oxygens (including phenoxy) is 2. The van der Waals surface area contributed by atoms with Crippen molar-refractivity contribution >= 4 is 38.3 Å². The average Bonchev–Trinajstić information content (AvgIpc) is 3.09. The lowest BCUT2D eigenvalue weighted by molar-refractivity contribution is -0.115. The summed E-state index contributed by atoms with van der Waals surface area (Å²) in [5, 5.41) is 9.79. The van der Waals surface area contributed by atoms with Gasteiger partial charge in [-0.05, 0) is 49.7 Å². The van der Waals surface area contributed by atoms with E-state index in [1.165, 1.54) is 0 Å². The molecule has 10 heteroatoms. The van der Waals surface area contributed by atoms with E-state index in [0.29, 0.717) is 47.1 Å². The molecule has 158 valence electrons. The molecule has 0 saturated heterocycles. The maximum atomic E-state index is 12.5. The molecule has 0 fully saturated rings. The quantitative estimate of drug-likeness (QED) is 0.553. The predicted molar refractivity (Wildman–Crippen MR) is 114 cm³/mol. The first-order valence-corrected chi connectivity index (χ1v) is 11.0. The maximum Gasteiger partial charge on any atom is 0.235 e. The SMILES string of the molecule is CC(C)S(=O)(=O)Nc1ccc2[nH]nc(NC(=O)Cc3ccc4c(c3)OCCO4)c2c1. The van der Waals surface area contributed by atoms with E-state index < -0.39 is 15.3 Å². The lowest BCUT2D eigenvalue weighted by Gasteiger charge is -2.18. The van der Waals surface area contributed by atoms with Crippen molar-refractivity contribution in [2.75, 3.05) is 23.3 Å². The van der Waals surface area contributed by atoms with Crippen LogP contribution in [0.25, 0.3) is 10.9 Å². The number of amides is 1. The number of rotatable bonds is 6. The molecule has 9 nitrogen and oxygen atoms in total. The van der Waals surface area contributed by atoms with Crippen LogP contribution in [0.4, 0.5) is 11.5 Å². The van der Waals surface area contributed by atoms with Crippen LogP contribution in [0, 0.1) is 0 Å². The normalized spacial score (nSPS) is 13.4. The Morgan fingerprint density at radius 3 is 2.67 bits per heavy atom. The number of hydrogen-bond donors (Lipinski definition) is 3. The van der Waals surface area contributed by atoms with Crippen molar-refractivity contribution in [3.63, 3.8) is 0 Å². The van der Waals surface area contributed by atoms with Crippen LogP contribution in [-0.4, -0.2) is 43.0 Å². The fraction of sp³-hybridized carbons (Fsp3) is 0.300. The molecule has 1 aliphatic rings. The number of hydrogen-bond acceptors (Lipinski definition) is 6. The minimum absolute atomic E-state index is 0.130. The van der Waals surface area contributed by atoms with Gasteiger partial charge in [0.2, 0.25) is 15.9 Å². The van der Waals surface area contributed by atoms with Gasteiger partial charge in [0.1, 0.15) is 13.2 Å². The molecule has 30 heavy (non-hydrogen) atoms. The van der Waals surface area contributed by atoms with E-state index in [0.717, 1.165) is 5.56 Å². The molecule has 2 aromatic carbocycles. The molecule has 0 spiro atoms. The number of sulfonamides is 1. The van der Waals surface area contributed by atoms with E-state index in [2.05, 4.69) is 20.2 Å². The summed E-state index contributed by atoms with van der Waals surface area (Å²) >= 11 is 0. The van der Waals surface area contributed by atoms with E-state index in [4.69, 9.17) is 9.47 Å². The number of nitrogens with one attached hydrogen (secondary N) is 3. The van der Waals surface area contributed by atoms with Crippen molar-refractivity contribution < 1.29 is 22.7 Å². The third-order valence-corrected chi connectivity index (χ3v) is 6.43. The van der Waals surface area contributed by atoms with Crippen LogP contribution in [0.5, 0.6) is 11.5 Å². The van der Waals surface area contributed by atoms with Gasteiger partial charge in [-0.25, -0.2) is 8.42 Å². The first-order valence-electron chi connectivity index (χ1n) is 9.50. The largest absolute Gasteiger partial charge is 0.486 e. The molecule has 0 aliphatic carbocycles. The number of fused-ring (bicyclic) bond motifs is 2. The Bertz CT molecular complexity index is 1200. The molecule has 3 aromatic rings. The second-order valence-corrected chi connectivity index (χ2v) is 9.47. The molecule has 0 saturated carbocycles. The molecule has 2 heterocycles. The smallest absolute Gasteiger partial charge is 0.235 e. The van der Waals surface area contributed by atoms with Crippen LogP contribution >= 0.6 is 0 Å². The Balaban J connectivity index is 1.50. The van der Waals surface area contributed by atoms with Gasteiger partial charge in [-0.15, -0.1) is 0 Å². The number of carbonyl (C=O) groups excluding carboxylic acids is 1. The molecule has 1 aliphatic heterocycles. The molecular weight excluding hydrogens is 408 g/mol. The fourth-order valence-electron chi connectivity index (χ4n) is 3.01. The number of aromatic nitrogens is 2. The molecule has 3 N–H and O–H groups in total. The molecule has 0 atom stereocenters. The van der Waals surface area contributed by atoms with Gasteiger partial charge in [0.15, 0.2) is 17.3 Å². The summed E-state index contributed by atoms with van der Waals surface area (Å²) in [5.41, 5.74) is 1.86. The maximum absolute atomic E-state index is 12.5. The monoisotopic (exact) mass is 430 g/mol. The second-order valence-electron chi connectivity index (χ2n) is 7.23. The molecule has 0 unspecified atom stereocenters. The van der Waals surface area contributed by atoms with Crippen LogP contribution in [0.1, 0.15) is 19.4 Å². The first kappa shape index (κ1) is 20.0. The topological polar surface area (TPSA) is 122 Å². The standard InChI is InChI=1S/C20H22N4O5S/c1-12(2)30(26,27)24-14-4-5-16-15(11-14)20(23-22-16)21-19(25)10-13-3-6-17-18(9-13)29-8-7-28-17/h3-6,9,11-12,24H,7-8,10H2,1-2H3,(H2,21,22,23,25). The lowest BCUT2D eigenvalue weighted by atomic mass is 10.1. The van der Waals surface area contributed by atoms with Gasteiger partial charge in [0, 0.05) is 11.1 Å². The Labute approximate surface area is 173 Å². The summed E-state index contributed by atoms with van der Waals surface area (Å²) in [7, 11) is -3.48. The van der Waals surface area contributed by atoms with Crippen LogP contribution < -0.4 is 19.5 Å². The zero-order chi connectivity index (χ0) is 21.3. The number of carbonyl (C=O) groups is 1. The van der Waals surface area contributed by atoms with Crippen LogP contribution in [0.15, 0.2) is 36.4 Å². The van der Waals surface area contributed by atoms with Crippen LogP contribution in [-0.2, 0) is 21.2 Å². The van der Waals surface area contributed by atoms with E-state index in [1.807, 2.05) is 6.07 Å². The zero-order valence-corrected chi connectivity index (χ0v) is 17.4. The third-order valence-electron chi connectivity index (χ3n) is 4.67. The van der Waals surface area contributed by atoms with Crippen molar-refractivity contribution in [3.8, 4) is 11.5 Å². The number of anilines is 2. The highest BCUT2D eigenvalue weighted by molar-refractivity contribution is 7.93. The van der Waals surface area contributed by atoms with Crippen LogP contribution in [0.3, 0.4) is 0 Å². The number of nitrogens with zero attached hydrogens (tertiary/aromatic N) is 1. The summed E-state index contributed by atoms with van der Waals surface area (Å²) < 4.78 is 37.8. The highest BCUT2D eigenvalue weighted by Gasteiger charge is 2.18. The van der Waals surface area contributed by atoms with Gasteiger partial charge in [0.25, 0.3) is 0 Å². The van der Waals surface area contributed by atoms with Gasteiger partial charge >= 0.3 is 0 Å². The minimum Gasteiger partial charge on any atom is -0.486 e. The Morgan fingerprint density at radius 1 is 1.13 bits per heavy atom. The summed E-state index contributed by atoms with van der Waals surface area (Å²) in [5.74, 6) is 1.37. The second kappa shape index (κ2) is 7.86. The lowest BCUT2D eigenvalue weighted by Crippen LogP contribution is -2.22. The Kier molecular flexibility index (Phi) is 5.25. The summed E-state index contributed by atoms with van der Waals surface area (Å²) in [6.45, 7) is 4.18. The average molecular weight is 430 g/mol. The van der Waals surface area contributed by atoms with Gasteiger partial charge < -0.3 is 14.8 Å². The molecule has 1 aromatic heterocycles. The highest BCUT2D eigenvalue weighted by atomic mass is 32.2. The predicted octanol–water partition coefficient (Wildman–Crippen LogP) is 2.67. The van der Waals surface area contributed by atoms with E-state index >= 15 is 0 Å². The van der Waals surface area contributed by atoms with Crippen molar-refractivity contribution in [2.24, 2.45) is 0 Å². The zero-order valence-electron chi connectivity index (χ0n) is 16.6. The van der Waals surface area contributed by atoms with E-state index in [9.17, 15) is 13.2 Å². The molecular formula is C20H22N4O5S. The summed E-state index contributed by atoms with van der Waals surface area (Å²) in [6.07, 6.45) is 0.130. The Hall–Kier alpha value is -3.27. The Morgan fingerprint density at radius 2 is 1.90 bits per heavy atom. The fourth-order valence-corrected chi connectivity index (χ4v) is 3.71. The number of H-pyrrole nitrogens is 1. The molecule has 0 radical (unpaired) electrons. The molecule has 0 bridgehead atoms. The summed E-state index contributed by atoms with van der Waals surface area (Å²) in [4.78, 5) is 12.5. The van der Waals surface area contributed by atoms with Gasteiger partial charge in [-0.3, -0.25) is 14.6 Å². The van der Waals surface area contributed by atoms with Crippen molar-refractivity contribution in [3.05, 3.63) is 42.0 Å². The minimum atomic E-state index is -3.48. The number of aromatic amines is 1. The van der Waals surface area contributed by atoms with E-state index in [1.54, 1.807) is 44.2 Å². The van der Waals surface area contributed by atoms with Gasteiger partial charge in [-0.2, -0.15) is 5.10 Å². The van der Waals surface area contributed by atoms with Crippen molar-refractivity contribution in [1.82, 2.24) is 10.2 Å². The molecule has 1 amide bonds. The summed E-state index contributed by atoms with van der Waals surface area (Å²) in [6, 6.07) is 10.4. The third kappa shape index (κ3) is 4.18. The molecule has 4 rings (SSSR count). The van der Waals surface area contributed by atoms with Crippen molar-refractivity contribution in [2.45, 2.75) is 25.5 Å². The van der Waals surface area contributed by atoms with Crippen molar-refractivity contribution in [1.29, 1.82) is 0 Å². The van der Waals surface area contributed by atoms with Gasteiger partial charge in [0.05, 0.1) is 17.2 Å². The van der Waals surface area contributed by atoms with E-state index in [-0.39, 0.29) is 12.3 Å². The van der Waals surface area contributed by atoms with Gasteiger partial charge in [-0.1, -0.05) is 6.07 Å². The van der Waals surface area contributed by atoms with Crippen LogP contribution in [0.2, 0.25) is 0 Å².